The summed E-state index contributed by atoms with van der Waals surface area (Å²) in [7, 11) is 0. The third-order valence-corrected chi connectivity index (χ3v) is 7.78. The van der Waals surface area contributed by atoms with Gasteiger partial charge in [0.1, 0.15) is 17.5 Å². The highest BCUT2D eigenvalue weighted by Crippen LogP contribution is 2.47. The second-order valence-corrected chi connectivity index (χ2v) is 11.9. The van der Waals surface area contributed by atoms with Crippen molar-refractivity contribution in [3.05, 3.63) is 46.0 Å². The van der Waals surface area contributed by atoms with Gasteiger partial charge in [-0.15, -0.1) is 11.8 Å². The van der Waals surface area contributed by atoms with Crippen LogP contribution >= 0.6 is 11.8 Å². The third-order valence-electron chi connectivity index (χ3n) is 6.36. The molecule has 2 aliphatic rings. The van der Waals surface area contributed by atoms with Crippen LogP contribution < -0.4 is 11.5 Å². The number of hydrogen-bond donors (Lipinski definition) is 3. The fraction of sp³-hybridized carbons (Fsp3) is 0.593. The number of carbonyl (C=O) groups excluding carboxylic acids is 1. The van der Waals surface area contributed by atoms with Crippen LogP contribution in [0.15, 0.2) is 39.9 Å². The molecule has 0 radical (unpaired) electrons. The van der Waals surface area contributed by atoms with Gasteiger partial charge in [0.25, 0.3) is 0 Å². The number of aliphatic imine (C=N–C) groups is 1. The van der Waals surface area contributed by atoms with Gasteiger partial charge in [0.2, 0.25) is 0 Å². The number of ether oxygens (including phenoxy) is 1. The zero-order valence-electron chi connectivity index (χ0n) is 21.9. The van der Waals surface area contributed by atoms with E-state index in [1.54, 1.807) is 11.8 Å². The van der Waals surface area contributed by atoms with E-state index >= 15 is 0 Å². The molecule has 35 heavy (non-hydrogen) atoms. The van der Waals surface area contributed by atoms with Crippen molar-refractivity contribution in [3.63, 3.8) is 0 Å². The van der Waals surface area contributed by atoms with Gasteiger partial charge in [-0.05, 0) is 65.0 Å². The normalized spacial score (nSPS) is 23.7. The summed E-state index contributed by atoms with van der Waals surface area (Å²) in [4.78, 5) is 19.7. The van der Waals surface area contributed by atoms with Crippen molar-refractivity contribution < 1.29 is 9.53 Å². The second-order valence-electron chi connectivity index (χ2n) is 10.6. The SMILES string of the molecule is CC1SC2=C(C(c3ccc(CCCCN)cc3)=N[C@@H](CC(=O)OC(C)(C)C)C(=N)N2C(C)N)C1C. The number of rotatable bonds is 8. The average molecular weight is 500 g/mol. The molecule has 0 saturated heterocycles. The van der Waals surface area contributed by atoms with Gasteiger partial charge >= 0.3 is 5.97 Å². The quantitative estimate of drug-likeness (QED) is 0.360. The number of thioether (sulfide) groups is 1. The second kappa shape index (κ2) is 11.3. The Bertz CT molecular complexity index is 994. The number of benzene rings is 1. The Morgan fingerprint density at radius 2 is 1.89 bits per heavy atom. The third kappa shape index (κ3) is 6.54. The van der Waals surface area contributed by atoms with Crippen LogP contribution in [0, 0.1) is 11.3 Å². The van der Waals surface area contributed by atoms with Gasteiger partial charge < -0.3 is 21.1 Å². The number of hydrogen-bond acceptors (Lipinski definition) is 7. The standard InChI is InChI=1S/C27H41N5O2S/c1-16-17(2)35-26-23(16)24(20-12-10-19(11-13-20)9-7-8-14-28)31-21(25(30)32(26)18(3)29)15-22(33)34-27(4,5)6/h10-13,16-18,21,30H,7-9,14-15,28-29H2,1-6H3/t16?,17?,18?,21-/m0/s1. The van der Waals surface area contributed by atoms with E-state index in [1.165, 1.54) is 5.56 Å². The largest absolute Gasteiger partial charge is 0.460 e. The molecule has 3 unspecified atom stereocenters. The van der Waals surface area contributed by atoms with Crippen LogP contribution in [0.5, 0.6) is 0 Å². The summed E-state index contributed by atoms with van der Waals surface area (Å²) < 4.78 is 5.58. The van der Waals surface area contributed by atoms with Gasteiger partial charge in [-0.3, -0.25) is 15.2 Å². The zero-order valence-corrected chi connectivity index (χ0v) is 22.7. The lowest BCUT2D eigenvalue weighted by molar-refractivity contribution is -0.154. The van der Waals surface area contributed by atoms with E-state index in [0.29, 0.717) is 11.8 Å². The lowest BCUT2D eigenvalue weighted by atomic mass is 9.90. The van der Waals surface area contributed by atoms with Crippen molar-refractivity contribution in [3.8, 4) is 0 Å². The van der Waals surface area contributed by atoms with Crippen LogP contribution in [0.25, 0.3) is 0 Å². The van der Waals surface area contributed by atoms with Gasteiger partial charge in [0.15, 0.2) is 0 Å². The summed E-state index contributed by atoms with van der Waals surface area (Å²) in [6, 6.07) is 7.83. The van der Waals surface area contributed by atoms with E-state index < -0.39 is 17.8 Å². The minimum absolute atomic E-state index is 0.00480. The maximum atomic E-state index is 12.8. The van der Waals surface area contributed by atoms with E-state index in [0.717, 1.165) is 41.1 Å². The Morgan fingerprint density at radius 1 is 1.23 bits per heavy atom. The Morgan fingerprint density at radius 3 is 2.46 bits per heavy atom. The lowest BCUT2D eigenvalue weighted by Gasteiger charge is -2.31. The summed E-state index contributed by atoms with van der Waals surface area (Å²) >= 11 is 1.73. The molecule has 7 nitrogen and oxygen atoms in total. The number of nitrogens with zero attached hydrogens (tertiary/aromatic N) is 2. The molecule has 3 rings (SSSR count). The van der Waals surface area contributed by atoms with Crippen molar-refractivity contribution in [1.82, 2.24) is 4.90 Å². The highest BCUT2D eigenvalue weighted by molar-refractivity contribution is 8.03. The molecular formula is C27H41N5O2S. The molecule has 1 aromatic rings. The smallest absolute Gasteiger partial charge is 0.308 e. The first-order valence-corrected chi connectivity index (χ1v) is 13.4. The maximum Gasteiger partial charge on any atom is 0.308 e. The number of aryl methyl sites for hydroxylation is 1. The molecule has 192 valence electrons. The molecule has 2 heterocycles. The molecule has 0 aliphatic carbocycles. The average Bonchev–Trinajstić information content (AvgIpc) is 2.97. The number of esters is 1. The summed E-state index contributed by atoms with van der Waals surface area (Å²) in [5.74, 6) is 0.0965. The number of nitrogens with two attached hydrogens (primary N) is 2. The highest BCUT2D eigenvalue weighted by atomic mass is 32.2. The first-order valence-electron chi connectivity index (χ1n) is 12.6. The minimum Gasteiger partial charge on any atom is -0.460 e. The van der Waals surface area contributed by atoms with Gasteiger partial charge in [-0.1, -0.05) is 38.1 Å². The monoisotopic (exact) mass is 499 g/mol. The molecule has 1 aromatic carbocycles. The van der Waals surface area contributed by atoms with E-state index in [1.807, 2.05) is 32.6 Å². The van der Waals surface area contributed by atoms with E-state index in [2.05, 4.69) is 38.1 Å². The number of nitrogens with one attached hydrogen (secondary N) is 1. The summed E-state index contributed by atoms with van der Waals surface area (Å²) in [5.41, 5.74) is 15.6. The minimum atomic E-state index is -0.677. The first-order chi connectivity index (χ1) is 16.4. The van der Waals surface area contributed by atoms with Crippen molar-refractivity contribution >= 4 is 29.3 Å². The Kier molecular flexibility index (Phi) is 8.83. The molecular weight excluding hydrogens is 458 g/mol. The molecule has 0 saturated carbocycles. The number of carbonyl (C=O) groups is 1. The molecule has 8 heteroatoms. The predicted octanol–water partition coefficient (Wildman–Crippen LogP) is 4.44. The molecule has 4 atom stereocenters. The summed E-state index contributed by atoms with van der Waals surface area (Å²) in [6.07, 6.45) is 2.65. The number of allylic oxidation sites excluding steroid dienone is 1. The highest BCUT2D eigenvalue weighted by Gasteiger charge is 2.42. The van der Waals surface area contributed by atoms with Gasteiger partial charge in [-0.2, -0.15) is 0 Å². The fourth-order valence-electron chi connectivity index (χ4n) is 4.45. The lowest BCUT2D eigenvalue weighted by Crippen LogP contribution is -2.46. The van der Waals surface area contributed by atoms with Crippen LogP contribution in [-0.4, -0.2) is 52.0 Å². The maximum absolute atomic E-state index is 12.8. The van der Waals surface area contributed by atoms with Gasteiger partial charge in [0.05, 0.1) is 23.3 Å². The molecule has 0 fully saturated rings. The van der Waals surface area contributed by atoms with Crippen molar-refractivity contribution in [2.45, 2.75) is 90.3 Å². The van der Waals surface area contributed by atoms with Gasteiger partial charge in [-0.25, -0.2) is 0 Å². The van der Waals surface area contributed by atoms with E-state index in [4.69, 9.17) is 26.6 Å². The zero-order chi connectivity index (χ0) is 25.9. The molecule has 0 aromatic heterocycles. The van der Waals surface area contributed by atoms with Crippen molar-refractivity contribution in [1.29, 1.82) is 5.41 Å². The van der Waals surface area contributed by atoms with Crippen molar-refractivity contribution in [2.24, 2.45) is 22.4 Å². The Hall–Kier alpha value is -2.16. The van der Waals surface area contributed by atoms with Crippen LogP contribution in [0.3, 0.4) is 0 Å². The summed E-state index contributed by atoms with van der Waals surface area (Å²) in [6.45, 7) is 12.5. The molecule has 2 aliphatic heterocycles. The number of unbranched alkanes of at least 4 members (excludes halogenated alkanes) is 1. The molecule has 5 N–H and O–H groups in total. The summed E-state index contributed by atoms with van der Waals surface area (Å²) in [5, 5.41) is 10.3. The van der Waals surface area contributed by atoms with Gasteiger partial charge in [0, 0.05) is 16.4 Å². The number of amidine groups is 1. The molecule has 0 bridgehead atoms. The van der Waals surface area contributed by atoms with Crippen LogP contribution in [0.1, 0.15) is 71.9 Å². The molecule has 0 amide bonds. The fourth-order valence-corrected chi connectivity index (χ4v) is 5.93. The van der Waals surface area contributed by atoms with E-state index in [9.17, 15) is 4.79 Å². The first kappa shape index (κ1) is 27.4. The van der Waals surface area contributed by atoms with Crippen molar-refractivity contribution in [2.75, 3.05) is 6.54 Å². The predicted molar refractivity (Wildman–Crippen MR) is 146 cm³/mol. The topological polar surface area (TPSA) is 118 Å². The van der Waals surface area contributed by atoms with E-state index in [-0.39, 0.29) is 24.1 Å². The molecule has 0 spiro atoms. The van der Waals surface area contributed by atoms with Crippen LogP contribution in [0.2, 0.25) is 0 Å². The Balaban J connectivity index is 2.05. The van der Waals surface area contributed by atoms with Crippen LogP contribution in [-0.2, 0) is 16.0 Å². The Labute approximate surface area is 214 Å². The van der Waals surface area contributed by atoms with Crippen LogP contribution in [0.4, 0.5) is 0 Å².